The van der Waals surface area contributed by atoms with E-state index in [1.807, 2.05) is 0 Å². The molecule has 3 nitrogen and oxygen atoms in total. The van der Waals surface area contributed by atoms with Crippen LogP contribution in [0.15, 0.2) is 104 Å². The average molecular weight is 469 g/mol. The van der Waals surface area contributed by atoms with Gasteiger partial charge in [-0.25, -0.2) is 9.13 Å². The second kappa shape index (κ2) is 10.7. The fourth-order valence-electron chi connectivity index (χ4n) is 5.04. The first-order valence-corrected chi connectivity index (χ1v) is 13.9. The molecule has 0 spiro atoms. The van der Waals surface area contributed by atoms with Crippen LogP contribution in [0.1, 0.15) is 51.6 Å². The van der Waals surface area contributed by atoms with Crippen LogP contribution in [-0.4, -0.2) is 10.6 Å². The fraction of sp³-hybridized carbons (Fsp3) is 0.300. The number of nitrogens with one attached hydrogen (secondary N) is 1. The van der Waals surface area contributed by atoms with Crippen LogP contribution in [0.3, 0.4) is 0 Å². The third-order valence-electron chi connectivity index (χ3n) is 6.88. The fourth-order valence-corrected chi connectivity index (χ4v) is 7.21. The highest BCUT2D eigenvalue weighted by atomic mass is 31.1. The van der Waals surface area contributed by atoms with Crippen molar-refractivity contribution in [1.29, 1.82) is 0 Å². The lowest BCUT2D eigenvalue weighted by Crippen LogP contribution is -2.41. The highest BCUT2D eigenvalue weighted by Crippen LogP contribution is 2.38. The Labute approximate surface area is 205 Å². The van der Waals surface area contributed by atoms with E-state index in [0.29, 0.717) is 18.1 Å². The zero-order chi connectivity index (χ0) is 23.3. The molecule has 1 fully saturated rings. The Kier molecular flexibility index (Phi) is 7.23. The van der Waals surface area contributed by atoms with Crippen molar-refractivity contribution in [2.24, 2.45) is 0 Å². The second-order valence-electron chi connectivity index (χ2n) is 9.54. The number of hydrogen-bond donors (Lipinski definition) is 1. The van der Waals surface area contributed by atoms with Gasteiger partial charge in [0.1, 0.15) is 12.2 Å². The summed E-state index contributed by atoms with van der Waals surface area (Å²) >= 11 is 0. The molecule has 1 aromatic heterocycles. The van der Waals surface area contributed by atoms with Gasteiger partial charge in [0.2, 0.25) is 6.33 Å². The minimum atomic E-state index is -0.630. The van der Waals surface area contributed by atoms with Crippen molar-refractivity contribution in [3.63, 3.8) is 0 Å². The van der Waals surface area contributed by atoms with E-state index in [-0.39, 0.29) is 0 Å². The van der Waals surface area contributed by atoms with Gasteiger partial charge in [-0.05, 0) is 43.7 Å². The Morgan fingerprint density at radius 3 is 1.94 bits per heavy atom. The third kappa shape index (κ3) is 5.02. The molecule has 1 heterocycles. The molecular formula is C30H35N3P+. The van der Waals surface area contributed by atoms with E-state index in [2.05, 4.69) is 132 Å². The molecule has 4 heteroatoms. The first kappa shape index (κ1) is 23.0. The van der Waals surface area contributed by atoms with E-state index in [9.17, 15) is 0 Å². The molecule has 1 saturated carbocycles. The maximum atomic E-state index is 4.19. The summed E-state index contributed by atoms with van der Waals surface area (Å²) in [4.78, 5) is 0. The summed E-state index contributed by atoms with van der Waals surface area (Å²) in [5.74, 6) is 0. The quantitative estimate of drug-likeness (QED) is 0.255. The van der Waals surface area contributed by atoms with Gasteiger partial charge in [0.25, 0.3) is 0 Å². The largest absolute Gasteiger partial charge is 0.281 e. The van der Waals surface area contributed by atoms with Crippen LogP contribution in [0.25, 0.3) is 11.3 Å². The van der Waals surface area contributed by atoms with E-state index < -0.39 is 8.07 Å². The molecule has 3 aromatic carbocycles. The molecule has 4 aromatic rings. The van der Waals surface area contributed by atoms with Gasteiger partial charge in [-0.3, -0.25) is 5.09 Å². The van der Waals surface area contributed by atoms with E-state index in [1.54, 1.807) is 0 Å². The normalized spacial score (nSPS) is 18.5. The minimum absolute atomic E-state index is 0.427. The van der Waals surface area contributed by atoms with Crippen LogP contribution in [0, 0.1) is 0 Å². The Morgan fingerprint density at radius 1 is 0.794 bits per heavy atom. The van der Waals surface area contributed by atoms with Crippen LogP contribution in [-0.2, 0) is 0 Å². The van der Waals surface area contributed by atoms with Gasteiger partial charge in [-0.1, -0.05) is 97.4 Å². The first-order valence-electron chi connectivity index (χ1n) is 12.5. The number of rotatable bonds is 7. The zero-order valence-electron chi connectivity index (χ0n) is 20.2. The van der Waals surface area contributed by atoms with Crippen molar-refractivity contribution in [2.45, 2.75) is 57.7 Å². The van der Waals surface area contributed by atoms with Crippen LogP contribution in [0.4, 0.5) is 0 Å². The Morgan fingerprint density at radius 2 is 1.35 bits per heavy atom. The number of benzene rings is 3. The summed E-state index contributed by atoms with van der Waals surface area (Å²) in [6.07, 6.45) is 9.67. The molecule has 34 heavy (non-hydrogen) atoms. The summed E-state index contributed by atoms with van der Waals surface area (Å²) in [5, 5.41) is 6.97. The molecular weight excluding hydrogens is 433 g/mol. The maximum absolute atomic E-state index is 4.19. The van der Waals surface area contributed by atoms with E-state index in [1.165, 1.54) is 47.5 Å². The minimum Gasteiger partial charge on any atom is -0.281 e. The van der Waals surface area contributed by atoms with Gasteiger partial charge in [0.05, 0.1) is 12.1 Å². The summed E-state index contributed by atoms with van der Waals surface area (Å²) < 4.78 is 4.93. The van der Waals surface area contributed by atoms with Crippen molar-refractivity contribution in [2.75, 3.05) is 0 Å². The van der Waals surface area contributed by atoms with E-state index in [4.69, 9.17) is 0 Å². The predicted molar refractivity (Wildman–Crippen MR) is 144 cm³/mol. The van der Waals surface area contributed by atoms with Crippen molar-refractivity contribution < 1.29 is 4.57 Å². The Bertz CT molecular complexity index is 1130. The standard InChI is InChI=1S/C30H35N3P/c1-24(2)32-22-30(25-14-6-3-7-15-25)33(23-32)29-21-13-12-20-28(29)31-34(26-16-8-4-9-17-26)27-18-10-5-11-19-27/h3-11,14-19,22-24,28-29,31H,12-13,20-21H2,1-2H3/q+1/t28-,29-/m1/s1. The first-order chi connectivity index (χ1) is 16.7. The van der Waals surface area contributed by atoms with Gasteiger partial charge >= 0.3 is 0 Å². The molecule has 1 aliphatic rings. The third-order valence-corrected chi connectivity index (χ3v) is 9.10. The van der Waals surface area contributed by atoms with Crippen molar-refractivity contribution in [3.8, 4) is 11.3 Å². The zero-order valence-corrected chi connectivity index (χ0v) is 21.1. The number of hydrogen-bond acceptors (Lipinski definition) is 1. The smallest absolute Gasteiger partial charge is 0.244 e. The van der Waals surface area contributed by atoms with Gasteiger partial charge in [0.15, 0.2) is 5.69 Å². The van der Waals surface area contributed by atoms with Gasteiger partial charge in [0, 0.05) is 13.6 Å². The predicted octanol–water partition coefficient (Wildman–Crippen LogP) is 6.14. The molecule has 0 unspecified atom stereocenters. The van der Waals surface area contributed by atoms with Gasteiger partial charge < -0.3 is 0 Å². The lowest BCUT2D eigenvalue weighted by atomic mass is 9.90. The molecule has 0 saturated heterocycles. The number of imidazole rings is 1. The van der Waals surface area contributed by atoms with Crippen LogP contribution in [0.5, 0.6) is 0 Å². The lowest BCUT2D eigenvalue weighted by Gasteiger charge is -2.34. The second-order valence-corrected chi connectivity index (χ2v) is 11.5. The van der Waals surface area contributed by atoms with Crippen molar-refractivity contribution >= 4 is 18.7 Å². The summed E-state index contributed by atoms with van der Waals surface area (Å²) in [6.45, 7) is 4.53. The van der Waals surface area contributed by atoms with Gasteiger partial charge in [-0.15, -0.1) is 0 Å². The van der Waals surface area contributed by atoms with E-state index >= 15 is 0 Å². The number of aromatic nitrogens is 2. The van der Waals surface area contributed by atoms with Crippen molar-refractivity contribution in [1.82, 2.24) is 9.65 Å². The monoisotopic (exact) mass is 468 g/mol. The Balaban J connectivity index is 1.53. The molecule has 1 aliphatic carbocycles. The molecule has 2 atom stereocenters. The molecule has 174 valence electrons. The summed E-state index contributed by atoms with van der Waals surface area (Å²) in [7, 11) is -0.630. The van der Waals surface area contributed by atoms with Gasteiger partial charge in [-0.2, -0.15) is 0 Å². The van der Waals surface area contributed by atoms with Crippen LogP contribution < -0.4 is 20.3 Å². The van der Waals surface area contributed by atoms with Crippen LogP contribution in [0.2, 0.25) is 0 Å². The molecule has 0 aliphatic heterocycles. The van der Waals surface area contributed by atoms with E-state index in [0.717, 1.165) is 0 Å². The SMILES string of the molecule is CC(C)[n+]1cc(-c2ccccc2)n([C@@H]2CCCC[C@H]2NP(c2ccccc2)c2ccccc2)c1. The molecule has 0 radical (unpaired) electrons. The molecule has 1 N–H and O–H groups in total. The molecule has 0 amide bonds. The highest BCUT2D eigenvalue weighted by Gasteiger charge is 2.35. The summed E-state index contributed by atoms with van der Waals surface area (Å²) in [6, 6.07) is 34.2. The molecule has 0 bridgehead atoms. The maximum Gasteiger partial charge on any atom is 0.244 e. The lowest BCUT2D eigenvalue weighted by molar-refractivity contribution is -0.715. The average Bonchev–Trinajstić information content (AvgIpc) is 3.35. The van der Waals surface area contributed by atoms with Crippen molar-refractivity contribution in [3.05, 3.63) is 104 Å². The Hall–Kier alpha value is -2.74. The highest BCUT2D eigenvalue weighted by molar-refractivity contribution is 7.71. The summed E-state index contributed by atoms with van der Waals surface area (Å²) in [5.41, 5.74) is 2.61. The van der Waals surface area contributed by atoms with Crippen LogP contribution >= 0.6 is 8.07 Å². The topological polar surface area (TPSA) is 20.8 Å². The number of nitrogens with zero attached hydrogens (tertiary/aromatic N) is 2. The molecule has 5 rings (SSSR count).